The molecule has 2 N–H and O–H groups in total. The predicted octanol–water partition coefficient (Wildman–Crippen LogP) is 2.58. The molecule has 0 aliphatic carbocycles. The molecule has 1 aromatic carbocycles. The summed E-state index contributed by atoms with van der Waals surface area (Å²) in [6.07, 6.45) is 4.99. The van der Waals surface area contributed by atoms with Crippen molar-refractivity contribution in [3.05, 3.63) is 23.8 Å². The van der Waals surface area contributed by atoms with Crippen LogP contribution >= 0.6 is 0 Å². The Morgan fingerprint density at radius 1 is 1.08 bits per heavy atom. The predicted molar refractivity (Wildman–Crippen MR) is 104 cm³/mol. The monoisotopic (exact) mass is 358 g/mol. The van der Waals surface area contributed by atoms with Crippen LogP contribution in [0.25, 0.3) is 0 Å². The lowest BCUT2D eigenvalue weighted by molar-refractivity contribution is 0.159. The normalized spacial score (nSPS) is 26.4. The Hall–Kier alpha value is -1.79. The molecule has 2 atom stereocenters. The van der Waals surface area contributed by atoms with Crippen LogP contribution in [0.15, 0.2) is 18.2 Å². The van der Waals surface area contributed by atoms with Gasteiger partial charge in [-0.2, -0.15) is 0 Å². The Balaban J connectivity index is 1.39. The average molecular weight is 358 g/mol. The van der Waals surface area contributed by atoms with Gasteiger partial charge in [-0.25, -0.2) is 4.79 Å². The van der Waals surface area contributed by atoms with E-state index < -0.39 is 0 Å². The van der Waals surface area contributed by atoms with Crippen molar-refractivity contribution in [2.45, 2.75) is 44.7 Å². The number of nitrogens with zero attached hydrogens (tertiary/aromatic N) is 2. The van der Waals surface area contributed by atoms with Crippen molar-refractivity contribution in [1.29, 1.82) is 0 Å². The molecule has 0 spiro atoms. The Kier molecular flexibility index (Phi) is 5.31. The number of likely N-dealkylation sites (tertiary alicyclic amines) is 1. The van der Waals surface area contributed by atoms with E-state index in [-0.39, 0.29) is 12.1 Å². The van der Waals surface area contributed by atoms with Crippen molar-refractivity contribution < 1.29 is 9.53 Å². The number of carbonyl (C=O) groups is 1. The second-order valence-electron chi connectivity index (χ2n) is 7.70. The average Bonchev–Trinajstić information content (AvgIpc) is 3.39. The van der Waals surface area contributed by atoms with Crippen molar-refractivity contribution in [1.82, 2.24) is 10.2 Å². The number of nitrogens with one attached hydrogen (secondary N) is 2. The van der Waals surface area contributed by atoms with E-state index in [2.05, 4.69) is 33.4 Å². The van der Waals surface area contributed by atoms with Gasteiger partial charge in [0.05, 0.1) is 25.3 Å². The van der Waals surface area contributed by atoms with Gasteiger partial charge >= 0.3 is 6.03 Å². The molecule has 3 saturated heterocycles. The van der Waals surface area contributed by atoms with E-state index in [1.807, 2.05) is 12.1 Å². The molecule has 2 amide bonds. The molecule has 3 aliphatic rings. The molecule has 0 unspecified atom stereocenters. The smallest absolute Gasteiger partial charge is 0.319 e. The zero-order valence-corrected chi connectivity index (χ0v) is 15.7. The van der Waals surface area contributed by atoms with E-state index in [0.717, 1.165) is 37.4 Å². The highest BCUT2D eigenvalue weighted by Gasteiger charge is 2.35. The van der Waals surface area contributed by atoms with Crippen LogP contribution in [-0.4, -0.2) is 62.4 Å². The second kappa shape index (κ2) is 7.84. The molecule has 0 saturated carbocycles. The highest BCUT2D eigenvalue weighted by atomic mass is 16.5. The standard InChI is InChI=1S/C20H30N4O2/c1-15-16(7-6-8-18(15)23-9-2-3-10-23)21-20(25)22-17-13-26-14-19(17)24-11-4-5-12-24/h6-8,17,19H,2-5,9-14H2,1H3,(H2,21,22,25)/t17-,19-/m1/s1. The highest BCUT2D eigenvalue weighted by molar-refractivity contribution is 5.91. The zero-order valence-electron chi connectivity index (χ0n) is 15.7. The maximum Gasteiger partial charge on any atom is 0.319 e. The topological polar surface area (TPSA) is 56.8 Å². The van der Waals surface area contributed by atoms with Gasteiger partial charge in [0.15, 0.2) is 0 Å². The zero-order chi connectivity index (χ0) is 17.9. The number of benzene rings is 1. The summed E-state index contributed by atoms with van der Waals surface area (Å²) in [5, 5.41) is 6.20. The maximum atomic E-state index is 12.6. The lowest BCUT2D eigenvalue weighted by Gasteiger charge is -2.28. The van der Waals surface area contributed by atoms with Gasteiger partial charge in [0.1, 0.15) is 0 Å². The largest absolute Gasteiger partial charge is 0.378 e. The quantitative estimate of drug-likeness (QED) is 0.869. The third-order valence-corrected chi connectivity index (χ3v) is 5.98. The number of hydrogen-bond donors (Lipinski definition) is 2. The lowest BCUT2D eigenvalue weighted by Crippen LogP contribution is -2.51. The Morgan fingerprint density at radius 2 is 1.81 bits per heavy atom. The fourth-order valence-electron chi connectivity index (χ4n) is 4.50. The van der Waals surface area contributed by atoms with E-state index in [0.29, 0.717) is 19.3 Å². The molecule has 0 bridgehead atoms. The van der Waals surface area contributed by atoms with Gasteiger partial charge in [0.2, 0.25) is 0 Å². The minimum atomic E-state index is -0.133. The summed E-state index contributed by atoms with van der Waals surface area (Å²) >= 11 is 0. The van der Waals surface area contributed by atoms with Crippen LogP contribution < -0.4 is 15.5 Å². The Labute approximate surface area is 155 Å². The second-order valence-corrected chi connectivity index (χ2v) is 7.70. The van der Waals surface area contributed by atoms with Crippen molar-refractivity contribution in [2.75, 3.05) is 49.6 Å². The fraction of sp³-hybridized carbons (Fsp3) is 0.650. The van der Waals surface area contributed by atoms with Crippen molar-refractivity contribution in [3.8, 4) is 0 Å². The van der Waals surface area contributed by atoms with Gasteiger partial charge in [-0.15, -0.1) is 0 Å². The third-order valence-electron chi connectivity index (χ3n) is 5.98. The summed E-state index contributed by atoms with van der Waals surface area (Å²) < 4.78 is 5.65. The molecule has 6 nitrogen and oxygen atoms in total. The minimum Gasteiger partial charge on any atom is -0.378 e. The first kappa shape index (κ1) is 17.6. The molecule has 4 rings (SSSR count). The number of hydrogen-bond acceptors (Lipinski definition) is 4. The van der Waals surface area contributed by atoms with Crippen molar-refractivity contribution in [3.63, 3.8) is 0 Å². The molecule has 0 radical (unpaired) electrons. The van der Waals surface area contributed by atoms with E-state index in [4.69, 9.17) is 4.74 Å². The number of rotatable bonds is 4. The van der Waals surface area contributed by atoms with Gasteiger partial charge in [-0.1, -0.05) is 6.07 Å². The molecule has 3 heterocycles. The molecule has 3 aliphatic heterocycles. The molecule has 0 aromatic heterocycles. The Morgan fingerprint density at radius 3 is 2.58 bits per heavy atom. The molecule has 142 valence electrons. The summed E-state index contributed by atoms with van der Waals surface area (Å²) in [7, 11) is 0. The van der Waals surface area contributed by atoms with Crippen LogP contribution in [-0.2, 0) is 4.74 Å². The number of carbonyl (C=O) groups excluding carboxylic acids is 1. The van der Waals surface area contributed by atoms with Gasteiger partial charge in [-0.05, 0) is 63.4 Å². The SMILES string of the molecule is Cc1c(NC(=O)N[C@@H]2COC[C@H]2N2CCCC2)cccc1N1CCCC1. The first-order chi connectivity index (χ1) is 12.7. The van der Waals surface area contributed by atoms with Crippen LogP contribution in [0.2, 0.25) is 0 Å². The first-order valence-corrected chi connectivity index (χ1v) is 9.96. The maximum absolute atomic E-state index is 12.6. The van der Waals surface area contributed by atoms with Crippen LogP contribution in [0.4, 0.5) is 16.2 Å². The summed E-state index contributed by atoms with van der Waals surface area (Å²) in [6.45, 7) is 7.85. The van der Waals surface area contributed by atoms with Crippen LogP contribution in [0.1, 0.15) is 31.2 Å². The highest BCUT2D eigenvalue weighted by Crippen LogP contribution is 2.29. The van der Waals surface area contributed by atoms with Crippen LogP contribution in [0.5, 0.6) is 0 Å². The lowest BCUT2D eigenvalue weighted by atomic mass is 10.1. The third kappa shape index (κ3) is 3.67. The minimum absolute atomic E-state index is 0.0650. The number of amides is 2. The number of anilines is 2. The molecule has 1 aromatic rings. The molecular weight excluding hydrogens is 328 g/mol. The summed E-state index contributed by atoms with van der Waals surface area (Å²) in [6, 6.07) is 6.40. The van der Waals surface area contributed by atoms with Gasteiger partial charge < -0.3 is 20.3 Å². The fourth-order valence-corrected chi connectivity index (χ4v) is 4.50. The summed E-state index contributed by atoms with van der Waals surface area (Å²) in [5.41, 5.74) is 3.27. The van der Waals surface area contributed by atoms with Crippen LogP contribution in [0, 0.1) is 6.92 Å². The van der Waals surface area contributed by atoms with Crippen LogP contribution in [0.3, 0.4) is 0 Å². The van der Waals surface area contributed by atoms with E-state index in [9.17, 15) is 4.79 Å². The first-order valence-electron chi connectivity index (χ1n) is 9.96. The molecule has 26 heavy (non-hydrogen) atoms. The van der Waals surface area contributed by atoms with E-state index >= 15 is 0 Å². The number of ether oxygens (including phenoxy) is 1. The van der Waals surface area contributed by atoms with Crippen molar-refractivity contribution >= 4 is 17.4 Å². The molecular formula is C20H30N4O2. The molecule has 6 heteroatoms. The van der Waals surface area contributed by atoms with Crippen molar-refractivity contribution in [2.24, 2.45) is 0 Å². The van der Waals surface area contributed by atoms with Gasteiger partial charge in [-0.3, -0.25) is 4.90 Å². The van der Waals surface area contributed by atoms with Gasteiger partial charge in [0.25, 0.3) is 0 Å². The summed E-state index contributed by atoms with van der Waals surface area (Å²) in [4.78, 5) is 17.5. The van der Waals surface area contributed by atoms with Gasteiger partial charge in [0, 0.05) is 24.5 Å². The Bertz CT molecular complexity index is 639. The molecule has 3 fully saturated rings. The van der Waals surface area contributed by atoms with E-state index in [1.165, 1.54) is 31.4 Å². The van der Waals surface area contributed by atoms with E-state index in [1.54, 1.807) is 0 Å². The summed E-state index contributed by atoms with van der Waals surface area (Å²) in [5.74, 6) is 0. The number of urea groups is 1.